The number of carbonyl (C=O) groups excluding carboxylic acids is 1. The molecule has 1 amide bonds. The van der Waals surface area contributed by atoms with Crippen LogP contribution < -0.4 is 10.9 Å². The molecule has 1 aliphatic carbocycles. The standard InChI is InChI=1S/C20H23N3O4/c24-16-11-15(12-7-9-13(10-8-12)20(26)27)17-18(21-16)23(22-19(17)25)14-5-3-1-2-4-6-14/h7-10,14-15H,1-6,11H2,(H,21,24)(H,22,25)(H,26,27)/t15-/m0/s1. The van der Waals surface area contributed by atoms with Gasteiger partial charge < -0.3 is 10.4 Å². The molecule has 27 heavy (non-hydrogen) atoms. The summed E-state index contributed by atoms with van der Waals surface area (Å²) in [7, 11) is 0. The largest absolute Gasteiger partial charge is 0.478 e. The van der Waals surface area contributed by atoms with Crippen LogP contribution in [0.1, 0.15) is 78.4 Å². The molecular weight excluding hydrogens is 346 g/mol. The first-order chi connectivity index (χ1) is 13.0. The second-order valence-corrected chi connectivity index (χ2v) is 7.45. The van der Waals surface area contributed by atoms with Gasteiger partial charge in [0, 0.05) is 12.3 Å². The molecule has 3 N–H and O–H groups in total. The minimum atomic E-state index is -0.999. The molecule has 1 aromatic heterocycles. The summed E-state index contributed by atoms with van der Waals surface area (Å²) in [4.78, 5) is 36.2. The summed E-state index contributed by atoms with van der Waals surface area (Å²) in [5.41, 5.74) is 1.35. The van der Waals surface area contributed by atoms with Crippen LogP contribution in [-0.4, -0.2) is 26.8 Å². The monoisotopic (exact) mass is 369 g/mol. The minimum Gasteiger partial charge on any atom is -0.478 e. The van der Waals surface area contributed by atoms with E-state index >= 15 is 0 Å². The average molecular weight is 369 g/mol. The van der Waals surface area contributed by atoms with Crippen molar-refractivity contribution in [3.8, 4) is 0 Å². The number of hydrogen-bond acceptors (Lipinski definition) is 3. The first-order valence-electron chi connectivity index (χ1n) is 9.52. The first kappa shape index (κ1) is 17.6. The summed E-state index contributed by atoms with van der Waals surface area (Å²) in [6, 6.07) is 6.61. The first-order valence-corrected chi connectivity index (χ1v) is 9.52. The van der Waals surface area contributed by atoms with Crippen LogP contribution >= 0.6 is 0 Å². The number of amides is 1. The van der Waals surface area contributed by atoms with E-state index in [1.54, 1.807) is 12.1 Å². The molecule has 7 nitrogen and oxygen atoms in total. The van der Waals surface area contributed by atoms with Gasteiger partial charge >= 0.3 is 5.97 Å². The molecule has 0 saturated heterocycles. The zero-order valence-corrected chi connectivity index (χ0v) is 15.0. The molecule has 1 saturated carbocycles. The predicted molar refractivity (Wildman–Crippen MR) is 100 cm³/mol. The number of carbonyl (C=O) groups is 2. The topological polar surface area (TPSA) is 104 Å². The number of aromatic carboxylic acids is 1. The van der Waals surface area contributed by atoms with Gasteiger partial charge in [0.25, 0.3) is 5.56 Å². The van der Waals surface area contributed by atoms with E-state index in [4.69, 9.17) is 5.11 Å². The maximum atomic E-state index is 12.8. The molecule has 0 unspecified atom stereocenters. The van der Waals surface area contributed by atoms with Crippen LogP contribution in [0, 0.1) is 0 Å². The van der Waals surface area contributed by atoms with Gasteiger partial charge in [-0.25, -0.2) is 4.79 Å². The van der Waals surface area contributed by atoms with Gasteiger partial charge in [-0.1, -0.05) is 37.8 Å². The van der Waals surface area contributed by atoms with Crippen LogP contribution in [0.2, 0.25) is 0 Å². The predicted octanol–water partition coefficient (Wildman–Crippen LogP) is 3.24. The summed E-state index contributed by atoms with van der Waals surface area (Å²) >= 11 is 0. The van der Waals surface area contributed by atoms with Gasteiger partial charge in [0.1, 0.15) is 5.82 Å². The number of H-pyrrole nitrogens is 1. The number of nitrogens with one attached hydrogen (secondary N) is 2. The van der Waals surface area contributed by atoms with Gasteiger partial charge in [-0.15, -0.1) is 0 Å². The Balaban J connectivity index is 1.74. The van der Waals surface area contributed by atoms with Crippen LogP contribution in [0.5, 0.6) is 0 Å². The zero-order valence-electron chi connectivity index (χ0n) is 15.0. The summed E-state index contributed by atoms with van der Waals surface area (Å²) < 4.78 is 1.86. The van der Waals surface area contributed by atoms with Gasteiger partial charge in [-0.05, 0) is 30.5 Å². The van der Waals surface area contributed by atoms with Crippen molar-refractivity contribution in [2.45, 2.75) is 56.9 Å². The number of carboxylic acid groups (broad SMARTS) is 1. The molecule has 0 bridgehead atoms. The number of carboxylic acids is 1. The molecular formula is C20H23N3O4. The Bertz CT molecular complexity index is 918. The van der Waals surface area contributed by atoms with Crippen molar-refractivity contribution in [2.75, 3.05) is 5.32 Å². The van der Waals surface area contributed by atoms with Crippen LogP contribution in [-0.2, 0) is 4.79 Å². The fourth-order valence-corrected chi connectivity index (χ4v) is 4.32. The van der Waals surface area contributed by atoms with Crippen molar-refractivity contribution < 1.29 is 14.7 Å². The average Bonchev–Trinajstić information content (AvgIpc) is 2.84. The van der Waals surface area contributed by atoms with E-state index in [1.165, 1.54) is 25.0 Å². The molecule has 0 radical (unpaired) electrons. The Morgan fingerprint density at radius 3 is 2.33 bits per heavy atom. The number of anilines is 1. The van der Waals surface area contributed by atoms with Crippen molar-refractivity contribution in [3.63, 3.8) is 0 Å². The Morgan fingerprint density at radius 1 is 1.04 bits per heavy atom. The third kappa shape index (κ3) is 3.29. The number of aromatic amines is 1. The Kier molecular flexibility index (Phi) is 4.59. The van der Waals surface area contributed by atoms with E-state index in [9.17, 15) is 14.4 Å². The van der Waals surface area contributed by atoms with E-state index in [0.29, 0.717) is 11.4 Å². The van der Waals surface area contributed by atoms with Crippen molar-refractivity contribution in [2.24, 2.45) is 0 Å². The number of nitrogens with zero attached hydrogens (tertiary/aromatic N) is 1. The zero-order chi connectivity index (χ0) is 19.0. The summed E-state index contributed by atoms with van der Waals surface area (Å²) in [5.74, 6) is -0.917. The maximum absolute atomic E-state index is 12.8. The second kappa shape index (κ2) is 7.06. The van der Waals surface area contributed by atoms with E-state index in [0.717, 1.165) is 31.2 Å². The van der Waals surface area contributed by atoms with Crippen molar-refractivity contribution in [1.82, 2.24) is 9.78 Å². The molecule has 7 heteroatoms. The molecule has 2 aliphatic rings. The number of fused-ring (bicyclic) bond motifs is 1. The molecule has 1 aromatic carbocycles. The molecule has 4 rings (SSSR count). The summed E-state index contributed by atoms with van der Waals surface area (Å²) in [5, 5.41) is 14.9. The molecule has 0 spiro atoms. The Morgan fingerprint density at radius 2 is 1.70 bits per heavy atom. The number of benzene rings is 1. The maximum Gasteiger partial charge on any atom is 0.335 e. The van der Waals surface area contributed by atoms with Crippen molar-refractivity contribution in [3.05, 3.63) is 51.3 Å². The summed E-state index contributed by atoms with van der Waals surface area (Å²) in [6.45, 7) is 0. The van der Waals surface area contributed by atoms with Gasteiger partial charge in [-0.2, -0.15) is 0 Å². The highest BCUT2D eigenvalue weighted by molar-refractivity contribution is 5.94. The molecule has 142 valence electrons. The smallest absolute Gasteiger partial charge is 0.335 e. The quantitative estimate of drug-likeness (QED) is 0.722. The lowest BCUT2D eigenvalue weighted by Gasteiger charge is -2.26. The second-order valence-electron chi connectivity index (χ2n) is 7.45. The van der Waals surface area contributed by atoms with Crippen LogP contribution in [0.15, 0.2) is 29.1 Å². The van der Waals surface area contributed by atoms with Gasteiger partial charge in [0.15, 0.2) is 0 Å². The van der Waals surface area contributed by atoms with Gasteiger partial charge in [-0.3, -0.25) is 19.4 Å². The lowest BCUT2D eigenvalue weighted by atomic mass is 9.86. The number of hydrogen-bond donors (Lipinski definition) is 3. The van der Waals surface area contributed by atoms with Crippen LogP contribution in [0.4, 0.5) is 5.82 Å². The minimum absolute atomic E-state index is 0.129. The van der Waals surface area contributed by atoms with Crippen molar-refractivity contribution in [1.29, 1.82) is 0 Å². The van der Waals surface area contributed by atoms with E-state index in [1.807, 2.05) is 4.68 Å². The number of aromatic nitrogens is 2. The van der Waals surface area contributed by atoms with Crippen LogP contribution in [0.25, 0.3) is 0 Å². The third-order valence-corrected chi connectivity index (χ3v) is 5.71. The fourth-order valence-electron chi connectivity index (χ4n) is 4.32. The highest BCUT2D eigenvalue weighted by Gasteiger charge is 2.34. The van der Waals surface area contributed by atoms with E-state index < -0.39 is 5.97 Å². The third-order valence-electron chi connectivity index (χ3n) is 5.71. The van der Waals surface area contributed by atoms with Crippen molar-refractivity contribution >= 4 is 17.7 Å². The van der Waals surface area contributed by atoms with E-state index in [-0.39, 0.29) is 35.4 Å². The molecule has 2 heterocycles. The molecule has 1 aliphatic heterocycles. The fraction of sp³-hybridized carbons (Fsp3) is 0.450. The Labute approximate surface area is 156 Å². The summed E-state index contributed by atoms with van der Waals surface area (Å²) in [6.07, 6.45) is 6.80. The highest BCUT2D eigenvalue weighted by atomic mass is 16.4. The SMILES string of the molecule is O=C1C[C@@H](c2ccc(C(=O)O)cc2)c2c(n(C3CCCCCC3)[nH]c2=O)N1. The highest BCUT2D eigenvalue weighted by Crippen LogP contribution is 2.38. The lowest BCUT2D eigenvalue weighted by Crippen LogP contribution is -2.27. The number of rotatable bonds is 3. The molecule has 2 aromatic rings. The van der Waals surface area contributed by atoms with Gasteiger partial charge in [0.05, 0.1) is 17.2 Å². The van der Waals surface area contributed by atoms with Gasteiger partial charge in [0.2, 0.25) is 5.91 Å². The Hall–Kier alpha value is -2.83. The van der Waals surface area contributed by atoms with Crippen LogP contribution in [0.3, 0.4) is 0 Å². The molecule has 1 fully saturated rings. The molecule has 1 atom stereocenters. The normalized spacial score (nSPS) is 20.6. The van der Waals surface area contributed by atoms with E-state index in [2.05, 4.69) is 10.4 Å². The lowest BCUT2D eigenvalue weighted by molar-refractivity contribution is -0.116.